The van der Waals surface area contributed by atoms with Gasteiger partial charge in [0.15, 0.2) is 11.6 Å². The molecule has 0 saturated carbocycles. The molecule has 0 amide bonds. The van der Waals surface area contributed by atoms with E-state index in [4.69, 9.17) is 0 Å². The molecule has 0 bridgehead atoms. The van der Waals surface area contributed by atoms with Crippen molar-refractivity contribution in [2.24, 2.45) is 0 Å². The first kappa shape index (κ1) is 12.1. The fraction of sp³-hybridized carbons (Fsp3) is 0.200. The van der Waals surface area contributed by atoms with Crippen molar-refractivity contribution < 1.29 is 13.2 Å². The standard InChI is InChI=1S/C15H12F3N/c16-10-2-4-12-9(7-10)1-6-15(12)19-11-3-5-13(17)14(18)8-11/h2-5,7-8,15,19H,1,6H2. The average Bonchev–Trinajstić information content (AvgIpc) is 2.76. The maximum absolute atomic E-state index is 13.1. The normalized spacial score (nSPS) is 17.3. The van der Waals surface area contributed by atoms with E-state index in [1.165, 1.54) is 18.2 Å². The molecule has 2 aromatic rings. The van der Waals surface area contributed by atoms with Crippen LogP contribution < -0.4 is 5.32 Å². The van der Waals surface area contributed by atoms with Crippen LogP contribution in [0.4, 0.5) is 18.9 Å². The lowest BCUT2D eigenvalue weighted by molar-refractivity contribution is 0.509. The second-order valence-electron chi connectivity index (χ2n) is 4.71. The third kappa shape index (κ3) is 2.30. The minimum absolute atomic E-state index is 0.0143. The molecule has 0 aliphatic heterocycles. The molecule has 1 unspecified atom stereocenters. The molecule has 0 radical (unpaired) electrons. The van der Waals surface area contributed by atoms with Crippen LogP contribution in [0, 0.1) is 17.5 Å². The largest absolute Gasteiger partial charge is 0.378 e. The van der Waals surface area contributed by atoms with Crippen molar-refractivity contribution in [3.63, 3.8) is 0 Å². The van der Waals surface area contributed by atoms with E-state index in [0.29, 0.717) is 5.69 Å². The summed E-state index contributed by atoms with van der Waals surface area (Å²) >= 11 is 0. The Balaban J connectivity index is 1.84. The van der Waals surface area contributed by atoms with Crippen LogP contribution in [0.15, 0.2) is 36.4 Å². The Morgan fingerprint density at radius 3 is 2.58 bits per heavy atom. The van der Waals surface area contributed by atoms with Gasteiger partial charge in [-0.05, 0) is 48.2 Å². The van der Waals surface area contributed by atoms with E-state index >= 15 is 0 Å². The van der Waals surface area contributed by atoms with Crippen molar-refractivity contribution in [1.82, 2.24) is 0 Å². The number of halogens is 3. The minimum Gasteiger partial charge on any atom is -0.378 e. The first-order chi connectivity index (χ1) is 9.13. The Kier molecular flexibility index (Phi) is 2.93. The summed E-state index contributed by atoms with van der Waals surface area (Å²) in [5.41, 5.74) is 2.52. The fourth-order valence-corrected chi connectivity index (χ4v) is 2.52. The van der Waals surface area contributed by atoms with Crippen LogP contribution >= 0.6 is 0 Å². The molecule has 0 aromatic heterocycles. The van der Waals surface area contributed by atoms with Crippen LogP contribution in [0.3, 0.4) is 0 Å². The lowest BCUT2D eigenvalue weighted by atomic mass is 10.1. The molecule has 1 N–H and O–H groups in total. The van der Waals surface area contributed by atoms with Gasteiger partial charge in [-0.15, -0.1) is 0 Å². The van der Waals surface area contributed by atoms with Crippen LogP contribution in [-0.2, 0) is 6.42 Å². The number of benzene rings is 2. The fourth-order valence-electron chi connectivity index (χ4n) is 2.52. The lowest BCUT2D eigenvalue weighted by Gasteiger charge is -2.15. The van der Waals surface area contributed by atoms with Crippen LogP contribution in [0.2, 0.25) is 0 Å². The lowest BCUT2D eigenvalue weighted by Crippen LogP contribution is -2.07. The number of nitrogens with one attached hydrogen (secondary N) is 1. The molecule has 1 aliphatic rings. The van der Waals surface area contributed by atoms with Gasteiger partial charge in [0.1, 0.15) is 5.82 Å². The van der Waals surface area contributed by atoms with Crippen molar-refractivity contribution in [3.05, 3.63) is 65.0 Å². The summed E-state index contributed by atoms with van der Waals surface area (Å²) in [7, 11) is 0. The molecule has 1 atom stereocenters. The van der Waals surface area contributed by atoms with Gasteiger partial charge in [-0.2, -0.15) is 0 Å². The predicted molar refractivity (Wildman–Crippen MR) is 67.4 cm³/mol. The van der Waals surface area contributed by atoms with E-state index in [-0.39, 0.29) is 11.9 Å². The highest BCUT2D eigenvalue weighted by Crippen LogP contribution is 2.34. The average molecular weight is 263 g/mol. The molecule has 4 heteroatoms. The second kappa shape index (κ2) is 4.61. The summed E-state index contributed by atoms with van der Waals surface area (Å²) in [6.07, 6.45) is 1.60. The zero-order valence-electron chi connectivity index (χ0n) is 10.1. The first-order valence-corrected chi connectivity index (χ1v) is 6.13. The SMILES string of the molecule is Fc1ccc2c(c1)CCC2Nc1ccc(F)c(F)c1. The van der Waals surface area contributed by atoms with E-state index in [1.54, 1.807) is 6.07 Å². The quantitative estimate of drug-likeness (QED) is 0.856. The minimum atomic E-state index is -0.873. The van der Waals surface area contributed by atoms with Crippen molar-refractivity contribution in [2.75, 3.05) is 5.32 Å². The Morgan fingerprint density at radius 1 is 0.947 bits per heavy atom. The van der Waals surface area contributed by atoms with Crippen molar-refractivity contribution in [3.8, 4) is 0 Å². The molecule has 0 fully saturated rings. The topological polar surface area (TPSA) is 12.0 Å². The smallest absolute Gasteiger partial charge is 0.160 e. The van der Waals surface area contributed by atoms with Gasteiger partial charge < -0.3 is 5.32 Å². The number of rotatable bonds is 2. The molecule has 0 saturated heterocycles. The second-order valence-corrected chi connectivity index (χ2v) is 4.71. The van der Waals surface area contributed by atoms with Crippen molar-refractivity contribution >= 4 is 5.69 Å². The van der Waals surface area contributed by atoms with Crippen molar-refractivity contribution in [1.29, 1.82) is 0 Å². The molecular formula is C15H12F3N. The number of hydrogen-bond acceptors (Lipinski definition) is 1. The Hall–Kier alpha value is -1.97. The molecule has 0 heterocycles. The van der Waals surface area contributed by atoms with Gasteiger partial charge in [-0.1, -0.05) is 6.07 Å². The van der Waals surface area contributed by atoms with E-state index < -0.39 is 11.6 Å². The number of aryl methyl sites for hydroxylation is 1. The monoisotopic (exact) mass is 263 g/mol. The Morgan fingerprint density at radius 2 is 1.79 bits per heavy atom. The highest BCUT2D eigenvalue weighted by atomic mass is 19.2. The highest BCUT2D eigenvalue weighted by molar-refractivity contribution is 5.48. The zero-order chi connectivity index (χ0) is 13.4. The number of anilines is 1. The predicted octanol–water partition coefficient (Wildman–Crippen LogP) is 4.20. The van der Waals surface area contributed by atoms with Gasteiger partial charge in [-0.3, -0.25) is 0 Å². The van der Waals surface area contributed by atoms with Crippen LogP contribution in [0.1, 0.15) is 23.6 Å². The summed E-state index contributed by atoms with van der Waals surface area (Å²) in [5.74, 6) is -1.98. The third-order valence-corrected chi connectivity index (χ3v) is 3.44. The summed E-state index contributed by atoms with van der Waals surface area (Å²) in [4.78, 5) is 0. The molecule has 19 heavy (non-hydrogen) atoms. The molecule has 0 spiro atoms. The molecular weight excluding hydrogens is 251 g/mol. The Labute approximate surface area is 109 Å². The van der Waals surface area contributed by atoms with E-state index in [9.17, 15) is 13.2 Å². The van der Waals surface area contributed by atoms with Crippen LogP contribution in [-0.4, -0.2) is 0 Å². The first-order valence-electron chi connectivity index (χ1n) is 6.13. The van der Waals surface area contributed by atoms with E-state index in [2.05, 4.69) is 5.32 Å². The maximum Gasteiger partial charge on any atom is 0.160 e. The van der Waals surface area contributed by atoms with Gasteiger partial charge in [0.25, 0.3) is 0 Å². The zero-order valence-corrected chi connectivity index (χ0v) is 10.1. The Bertz CT molecular complexity index is 625. The molecule has 1 nitrogen and oxygen atoms in total. The number of hydrogen-bond donors (Lipinski definition) is 1. The van der Waals surface area contributed by atoms with Crippen LogP contribution in [0.25, 0.3) is 0 Å². The van der Waals surface area contributed by atoms with Gasteiger partial charge in [-0.25, -0.2) is 13.2 Å². The van der Waals surface area contributed by atoms with Gasteiger partial charge in [0, 0.05) is 11.8 Å². The van der Waals surface area contributed by atoms with E-state index in [0.717, 1.165) is 36.1 Å². The molecule has 1 aliphatic carbocycles. The summed E-state index contributed by atoms with van der Waals surface area (Å²) in [5, 5.41) is 3.16. The van der Waals surface area contributed by atoms with Gasteiger partial charge in [0.2, 0.25) is 0 Å². The summed E-state index contributed by atoms with van der Waals surface area (Å²) in [6, 6.07) is 8.44. The molecule has 3 rings (SSSR count). The number of fused-ring (bicyclic) bond motifs is 1. The van der Waals surface area contributed by atoms with Crippen LogP contribution in [0.5, 0.6) is 0 Å². The third-order valence-electron chi connectivity index (χ3n) is 3.44. The van der Waals surface area contributed by atoms with Gasteiger partial charge >= 0.3 is 0 Å². The maximum atomic E-state index is 13.1. The van der Waals surface area contributed by atoms with E-state index in [1.807, 2.05) is 0 Å². The summed E-state index contributed by atoms with van der Waals surface area (Å²) in [6.45, 7) is 0. The highest BCUT2D eigenvalue weighted by Gasteiger charge is 2.22. The molecule has 98 valence electrons. The molecule has 2 aromatic carbocycles. The van der Waals surface area contributed by atoms with Gasteiger partial charge in [0.05, 0.1) is 6.04 Å². The summed E-state index contributed by atoms with van der Waals surface area (Å²) < 4.78 is 39.1. The van der Waals surface area contributed by atoms with Crippen molar-refractivity contribution in [2.45, 2.75) is 18.9 Å².